The summed E-state index contributed by atoms with van der Waals surface area (Å²) in [4.78, 5) is 25.8. The molecule has 2 aromatic rings. The Morgan fingerprint density at radius 3 is 2.40 bits per heavy atom. The van der Waals surface area contributed by atoms with Gasteiger partial charge in [0.25, 0.3) is 5.91 Å². The van der Waals surface area contributed by atoms with Crippen LogP contribution in [-0.4, -0.2) is 27.1 Å². The van der Waals surface area contributed by atoms with Gasteiger partial charge in [0.05, 0.1) is 16.8 Å². The second kappa shape index (κ2) is 5.35. The third-order valence-corrected chi connectivity index (χ3v) is 2.48. The number of carbonyl (C=O) groups is 2. The number of carboxylic acids is 1. The fraction of sp³-hybridized carbons (Fsp3) is 0. The molecule has 20 heavy (non-hydrogen) atoms. The van der Waals surface area contributed by atoms with Crippen LogP contribution in [0.25, 0.3) is 0 Å². The van der Waals surface area contributed by atoms with E-state index in [4.69, 9.17) is 5.11 Å². The topological polar surface area (TPSA) is 99.5 Å². The molecular formula is C13H9FN2O4. The highest BCUT2D eigenvalue weighted by molar-refractivity contribution is 6.05. The maximum atomic E-state index is 12.6. The van der Waals surface area contributed by atoms with Crippen molar-refractivity contribution in [1.29, 1.82) is 0 Å². The van der Waals surface area contributed by atoms with E-state index in [1.54, 1.807) is 0 Å². The van der Waals surface area contributed by atoms with Gasteiger partial charge in [-0.1, -0.05) is 0 Å². The average molecular weight is 276 g/mol. The first-order valence-electron chi connectivity index (χ1n) is 5.46. The second-order valence-corrected chi connectivity index (χ2v) is 3.86. The summed E-state index contributed by atoms with van der Waals surface area (Å²) in [6, 6.07) is 5.78. The zero-order valence-electron chi connectivity index (χ0n) is 10.0. The molecule has 102 valence electrons. The monoisotopic (exact) mass is 276 g/mol. The quantitative estimate of drug-likeness (QED) is 0.587. The number of hydrogen-bond acceptors (Lipinski definition) is 4. The molecule has 0 bridgehead atoms. The lowest BCUT2D eigenvalue weighted by Gasteiger charge is -2.07. The molecule has 0 aliphatic heterocycles. The van der Waals surface area contributed by atoms with Gasteiger partial charge >= 0.3 is 5.97 Å². The predicted molar refractivity (Wildman–Crippen MR) is 67.2 cm³/mol. The van der Waals surface area contributed by atoms with Gasteiger partial charge in [0.15, 0.2) is 0 Å². The molecular weight excluding hydrogens is 267 g/mol. The summed E-state index contributed by atoms with van der Waals surface area (Å²) in [5, 5.41) is 20.7. The van der Waals surface area contributed by atoms with Crippen molar-refractivity contribution < 1.29 is 24.2 Å². The van der Waals surface area contributed by atoms with Crippen LogP contribution in [0.5, 0.6) is 5.75 Å². The molecule has 2 rings (SSSR count). The van der Waals surface area contributed by atoms with E-state index in [2.05, 4.69) is 10.3 Å². The number of carbonyl (C=O) groups excluding carboxylic acids is 1. The molecule has 1 amide bonds. The number of phenols is 1. The summed E-state index contributed by atoms with van der Waals surface area (Å²) in [7, 11) is 0. The van der Waals surface area contributed by atoms with E-state index in [0.717, 1.165) is 18.3 Å². The molecule has 0 atom stereocenters. The number of hydrogen-bond donors (Lipinski definition) is 3. The number of aromatic hydroxyl groups is 1. The Bertz CT molecular complexity index is 671. The van der Waals surface area contributed by atoms with E-state index in [1.807, 2.05) is 0 Å². The smallest absolute Gasteiger partial charge is 0.335 e. The van der Waals surface area contributed by atoms with Gasteiger partial charge in [-0.25, -0.2) is 9.78 Å². The van der Waals surface area contributed by atoms with Gasteiger partial charge in [0.1, 0.15) is 5.75 Å². The number of amides is 1. The van der Waals surface area contributed by atoms with Crippen molar-refractivity contribution in [3.05, 3.63) is 53.6 Å². The minimum Gasteiger partial charge on any atom is -0.506 e. The highest BCUT2D eigenvalue weighted by atomic mass is 19.1. The third-order valence-electron chi connectivity index (χ3n) is 2.48. The Morgan fingerprint density at radius 2 is 1.85 bits per heavy atom. The highest BCUT2D eigenvalue weighted by Gasteiger charge is 2.12. The van der Waals surface area contributed by atoms with Gasteiger partial charge in [-0.2, -0.15) is 4.39 Å². The van der Waals surface area contributed by atoms with Gasteiger partial charge in [0, 0.05) is 6.20 Å². The van der Waals surface area contributed by atoms with Gasteiger partial charge in [-0.15, -0.1) is 0 Å². The fourth-order valence-corrected chi connectivity index (χ4v) is 1.47. The van der Waals surface area contributed by atoms with Crippen molar-refractivity contribution in [2.45, 2.75) is 0 Å². The normalized spacial score (nSPS) is 10.1. The highest BCUT2D eigenvalue weighted by Crippen LogP contribution is 2.24. The van der Waals surface area contributed by atoms with Crippen molar-refractivity contribution in [1.82, 2.24) is 4.98 Å². The average Bonchev–Trinajstić information content (AvgIpc) is 2.41. The fourth-order valence-electron chi connectivity index (χ4n) is 1.47. The van der Waals surface area contributed by atoms with Crippen LogP contribution in [0.3, 0.4) is 0 Å². The number of nitrogens with zero attached hydrogens (tertiary/aromatic N) is 1. The van der Waals surface area contributed by atoms with Crippen LogP contribution >= 0.6 is 0 Å². The molecule has 0 saturated heterocycles. The first-order valence-corrected chi connectivity index (χ1v) is 5.46. The maximum absolute atomic E-state index is 12.6. The molecule has 1 aromatic heterocycles. The van der Waals surface area contributed by atoms with E-state index < -0.39 is 17.8 Å². The molecule has 0 saturated carbocycles. The number of aromatic carboxylic acids is 1. The molecule has 0 aliphatic carbocycles. The van der Waals surface area contributed by atoms with E-state index in [9.17, 15) is 19.1 Å². The van der Waals surface area contributed by atoms with Crippen LogP contribution < -0.4 is 5.32 Å². The summed E-state index contributed by atoms with van der Waals surface area (Å²) in [5.41, 5.74) is 0.0429. The van der Waals surface area contributed by atoms with Crippen LogP contribution in [-0.2, 0) is 0 Å². The number of nitrogens with one attached hydrogen (secondary N) is 1. The number of phenolic OH excluding ortho intramolecular Hbond substituents is 1. The number of halogens is 1. The minimum atomic E-state index is -1.19. The van der Waals surface area contributed by atoms with Crippen molar-refractivity contribution in [2.24, 2.45) is 0 Å². The molecule has 0 radical (unpaired) electrons. The molecule has 0 fully saturated rings. The Labute approximate surface area is 112 Å². The van der Waals surface area contributed by atoms with Gasteiger partial charge < -0.3 is 15.5 Å². The largest absolute Gasteiger partial charge is 0.506 e. The van der Waals surface area contributed by atoms with Crippen LogP contribution in [0, 0.1) is 5.95 Å². The lowest BCUT2D eigenvalue weighted by molar-refractivity contribution is 0.0696. The number of pyridine rings is 1. The van der Waals surface area contributed by atoms with Crippen LogP contribution in [0.2, 0.25) is 0 Å². The van der Waals surface area contributed by atoms with E-state index >= 15 is 0 Å². The molecule has 0 unspecified atom stereocenters. The molecule has 6 nitrogen and oxygen atoms in total. The summed E-state index contributed by atoms with van der Waals surface area (Å²) >= 11 is 0. The Balaban J connectivity index is 2.19. The van der Waals surface area contributed by atoms with Crippen LogP contribution in [0.4, 0.5) is 10.1 Å². The zero-order valence-corrected chi connectivity index (χ0v) is 10.0. The lowest BCUT2D eigenvalue weighted by Crippen LogP contribution is -2.12. The number of aromatic nitrogens is 1. The molecule has 7 heteroatoms. The van der Waals surface area contributed by atoms with Crippen molar-refractivity contribution >= 4 is 17.6 Å². The van der Waals surface area contributed by atoms with E-state index in [0.29, 0.717) is 0 Å². The summed E-state index contributed by atoms with van der Waals surface area (Å²) in [6.07, 6.45) is 1.05. The molecule has 0 aliphatic rings. The number of carboxylic acid groups (broad SMARTS) is 1. The van der Waals surface area contributed by atoms with E-state index in [1.165, 1.54) is 18.2 Å². The molecule has 0 spiro atoms. The van der Waals surface area contributed by atoms with Crippen LogP contribution in [0.15, 0.2) is 36.5 Å². The standard InChI is InChI=1S/C13H9FN2O4/c14-11-4-2-8(6-15-11)12(18)16-9-3-1-7(13(19)20)5-10(9)17/h1-6,17H,(H,16,18)(H,19,20). The number of benzene rings is 1. The first kappa shape index (κ1) is 13.5. The third kappa shape index (κ3) is 2.89. The zero-order chi connectivity index (χ0) is 14.7. The summed E-state index contributed by atoms with van der Waals surface area (Å²) in [6.45, 7) is 0. The predicted octanol–water partition coefficient (Wildman–Crippen LogP) is 1.88. The second-order valence-electron chi connectivity index (χ2n) is 3.86. The number of anilines is 1. The first-order chi connectivity index (χ1) is 9.47. The molecule has 1 heterocycles. The minimum absolute atomic E-state index is 0.0457. The van der Waals surface area contributed by atoms with Crippen LogP contribution in [0.1, 0.15) is 20.7 Å². The lowest BCUT2D eigenvalue weighted by atomic mass is 10.2. The SMILES string of the molecule is O=C(O)c1ccc(NC(=O)c2ccc(F)nc2)c(O)c1. The van der Waals surface area contributed by atoms with Crippen molar-refractivity contribution in [2.75, 3.05) is 5.32 Å². The van der Waals surface area contributed by atoms with Crippen molar-refractivity contribution in [3.8, 4) is 5.75 Å². The van der Waals surface area contributed by atoms with E-state index in [-0.39, 0.29) is 22.6 Å². The van der Waals surface area contributed by atoms with Gasteiger partial charge in [0.2, 0.25) is 5.95 Å². The summed E-state index contributed by atoms with van der Waals surface area (Å²) < 4.78 is 12.6. The Hall–Kier alpha value is -2.96. The van der Waals surface area contributed by atoms with Gasteiger partial charge in [-0.3, -0.25) is 4.79 Å². The molecule has 3 N–H and O–H groups in total. The van der Waals surface area contributed by atoms with Crippen molar-refractivity contribution in [3.63, 3.8) is 0 Å². The maximum Gasteiger partial charge on any atom is 0.335 e. The molecule has 1 aromatic carbocycles. The summed E-state index contributed by atoms with van der Waals surface area (Å²) in [5.74, 6) is -2.89. The number of rotatable bonds is 3. The Kier molecular flexibility index (Phi) is 3.60. The van der Waals surface area contributed by atoms with Gasteiger partial charge in [-0.05, 0) is 30.3 Å². The Morgan fingerprint density at radius 1 is 1.15 bits per heavy atom.